The molecular weight excluding hydrogens is 240 g/mol. The SMILES string of the molecule is CCC1CC(CC)C(CC2(C)CC(O)(SC)C2)C1. The second-order valence-electron chi connectivity index (χ2n) is 7.19. The van der Waals surface area contributed by atoms with Crippen LogP contribution in [0.1, 0.15) is 65.7 Å². The van der Waals surface area contributed by atoms with E-state index in [9.17, 15) is 5.11 Å². The minimum Gasteiger partial charge on any atom is -0.379 e. The fraction of sp³-hybridized carbons (Fsp3) is 1.00. The molecular formula is C16H30OS. The van der Waals surface area contributed by atoms with Gasteiger partial charge < -0.3 is 5.11 Å². The van der Waals surface area contributed by atoms with Crippen molar-refractivity contribution >= 4 is 11.8 Å². The van der Waals surface area contributed by atoms with Gasteiger partial charge in [0, 0.05) is 0 Å². The lowest BCUT2D eigenvalue weighted by molar-refractivity contribution is -0.0637. The quantitative estimate of drug-likeness (QED) is 0.731. The van der Waals surface area contributed by atoms with Gasteiger partial charge in [-0.2, -0.15) is 0 Å². The summed E-state index contributed by atoms with van der Waals surface area (Å²) in [4.78, 5) is -0.404. The summed E-state index contributed by atoms with van der Waals surface area (Å²) < 4.78 is 0. The van der Waals surface area contributed by atoms with Gasteiger partial charge in [-0.15, -0.1) is 11.8 Å². The Morgan fingerprint density at radius 1 is 1.11 bits per heavy atom. The van der Waals surface area contributed by atoms with E-state index < -0.39 is 4.93 Å². The fourth-order valence-electron chi connectivity index (χ4n) is 4.62. The van der Waals surface area contributed by atoms with Gasteiger partial charge in [-0.3, -0.25) is 0 Å². The molecule has 3 atom stereocenters. The summed E-state index contributed by atoms with van der Waals surface area (Å²) in [7, 11) is 0. The van der Waals surface area contributed by atoms with Gasteiger partial charge in [-0.05, 0) is 61.5 Å². The Balaban J connectivity index is 1.90. The van der Waals surface area contributed by atoms with Crippen molar-refractivity contribution in [2.75, 3.05) is 6.26 Å². The molecule has 2 heteroatoms. The minimum absolute atomic E-state index is 0.404. The van der Waals surface area contributed by atoms with Crippen LogP contribution in [0.4, 0.5) is 0 Å². The highest BCUT2D eigenvalue weighted by Crippen LogP contribution is 2.58. The van der Waals surface area contributed by atoms with Crippen molar-refractivity contribution in [3.8, 4) is 0 Å². The van der Waals surface area contributed by atoms with Crippen LogP contribution in [-0.4, -0.2) is 16.3 Å². The van der Waals surface area contributed by atoms with E-state index >= 15 is 0 Å². The Morgan fingerprint density at radius 2 is 1.72 bits per heavy atom. The van der Waals surface area contributed by atoms with Crippen molar-refractivity contribution in [3.05, 3.63) is 0 Å². The van der Waals surface area contributed by atoms with Crippen LogP contribution in [0, 0.1) is 23.2 Å². The molecule has 0 aliphatic heterocycles. The van der Waals surface area contributed by atoms with Crippen molar-refractivity contribution in [2.24, 2.45) is 23.2 Å². The summed E-state index contributed by atoms with van der Waals surface area (Å²) in [5.41, 5.74) is 0.415. The first-order valence-corrected chi connectivity index (χ1v) is 8.93. The summed E-state index contributed by atoms with van der Waals surface area (Å²) in [6, 6.07) is 0. The Bertz CT molecular complexity index is 283. The van der Waals surface area contributed by atoms with Crippen molar-refractivity contribution < 1.29 is 5.11 Å². The third kappa shape index (κ3) is 2.90. The Morgan fingerprint density at radius 3 is 2.22 bits per heavy atom. The molecule has 2 fully saturated rings. The predicted molar refractivity (Wildman–Crippen MR) is 80.7 cm³/mol. The summed E-state index contributed by atoms with van der Waals surface area (Å²) >= 11 is 1.64. The third-order valence-electron chi connectivity index (χ3n) is 5.58. The maximum Gasteiger partial charge on any atom is 0.111 e. The summed E-state index contributed by atoms with van der Waals surface area (Å²) in [6.45, 7) is 7.10. The largest absolute Gasteiger partial charge is 0.379 e. The Labute approximate surface area is 117 Å². The first-order valence-electron chi connectivity index (χ1n) is 7.71. The molecule has 2 saturated carbocycles. The van der Waals surface area contributed by atoms with Crippen LogP contribution >= 0.6 is 11.8 Å². The number of hydrogen-bond donors (Lipinski definition) is 1. The molecule has 0 bridgehead atoms. The van der Waals surface area contributed by atoms with Gasteiger partial charge in [0.25, 0.3) is 0 Å². The zero-order valence-corrected chi connectivity index (χ0v) is 13.4. The highest BCUT2D eigenvalue weighted by molar-refractivity contribution is 7.99. The van der Waals surface area contributed by atoms with E-state index in [-0.39, 0.29) is 0 Å². The van der Waals surface area contributed by atoms with Gasteiger partial charge in [0.1, 0.15) is 4.93 Å². The van der Waals surface area contributed by atoms with Crippen molar-refractivity contribution in [1.29, 1.82) is 0 Å². The lowest BCUT2D eigenvalue weighted by Crippen LogP contribution is -2.48. The van der Waals surface area contributed by atoms with Gasteiger partial charge in [0.15, 0.2) is 0 Å². The van der Waals surface area contributed by atoms with Gasteiger partial charge in [-0.1, -0.05) is 33.6 Å². The number of rotatable bonds is 5. The number of hydrogen-bond acceptors (Lipinski definition) is 2. The van der Waals surface area contributed by atoms with Crippen LogP contribution in [0.25, 0.3) is 0 Å². The Kier molecular flexibility index (Phi) is 4.38. The van der Waals surface area contributed by atoms with Crippen LogP contribution in [-0.2, 0) is 0 Å². The second-order valence-corrected chi connectivity index (χ2v) is 8.36. The smallest absolute Gasteiger partial charge is 0.111 e. The molecule has 0 saturated heterocycles. The van der Waals surface area contributed by atoms with Crippen molar-refractivity contribution in [3.63, 3.8) is 0 Å². The standard InChI is InChI=1S/C16H30OS/c1-5-12-7-13(6-2)14(8-12)9-15(3)10-16(17,11-15)18-4/h12-14,17H,5-11H2,1-4H3. The average Bonchev–Trinajstić information content (AvgIpc) is 2.69. The van der Waals surface area contributed by atoms with E-state index in [2.05, 4.69) is 20.8 Å². The summed E-state index contributed by atoms with van der Waals surface area (Å²) in [6.07, 6.45) is 11.0. The van der Waals surface area contributed by atoms with Crippen LogP contribution in [0.2, 0.25) is 0 Å². The molecule has 2 aliphatic rings. The van der Waals surface area contributed by atoms with Crippen LogP contribution in [0.15, 0.2) is 0 Å². The molecule has 106 valence electrons. The highest BCUT2D eigenvalue weighted by Gasteiger charge is 2.52. The lowest BCUT2D eigenvalue weighted by atomic mass is 9.62. The zero-order valence-electron chi connectivity index (χ0n) is 12.5. The van der Waals surface area contributed by atoms with Crippen molar-refractivity contribution in [1.82, 2.24) is 0 Å². The van der Waals surface area contributed by atoms with Gasteiger partial charge >= 0.3 is 0 Å². The van der Waals surface area contributed by atoms with Gasteiger partial charge in [0.2, 0.25) is 0 Å². The molecule has 0 heterocycles. The molecule has 1 nitrogen and oxygen atoms in total. The highest BCUT2D eigenvalue weighted by atomic mass is 32.2. The van der Waals surface area contributed by atoms with E-state index in [1.165, 1.54) is 32.1 Å². The molecule has 0 radical (unpaired) electrons. The number of aliphatic hydroxyl groups is 1. The summed E-state index contributed by atoms with van der Waals surface area (Å²) in [5.74, 6) is 2.86. The first kappa shape index (κ1) is 14.7. The normalized spacial score (nSPS) is 48.2. The summed E-state index contributed by atoms with van der Waals surface area (Å²) in [5, 5.41) is 10.2. The maximum atomic E-state index is 10.2. The van der Waals surface area contributed by atoms with Crippen LogP contribution in [0.5, 0.6) is 0 Å². The molecule has 1 N–H and O–H groups in total. The Hall–Kier alpha value is 0.310. The fourth-order valence-corrected chi connectivity index (χ4v) is 5.61. The lowest BCUT2D eigenvalue weighted by Gasteiger charge is -2.52. The molecule has 0 aromatic rings. The van der Waals surface area contributed by atoms with E-state index in [4.69, 9.17) is 0 Å². The molecule has 0 spiro atoms. The van der Waals surface area contributed by atoms with Gasteiger partial charge in [0.05, 0.1) is 0 Å². The van der Waals surface area contributed by atoms with E-state index in [1.54, 1.807) is 11.8 Å². The monoisotopic (exact) mass is 270 g/mol. The van der Waals surface area contributed by atoms with Crippen LogP contribution < -0.4 is 0 Å². The first-order chi connectivity index (χ1) is 8.43. The maximum absolute atomic E-state index is 10.2. The topological polar surface area (TPSA) is 20.2 Å². The van der Waals surface area contributed by atoms with Crippen LogP contribution in [0.3, 0.4) is 0 Å². The molecule has 18 heavy (non-hydrogen) atoms. The molecule has 0 aromatic carbocycles. The molecule has 0 amide bonds. The second kappa shape index (κ2) is 5.36. The zero-order chi connectivity index (χ0) is 13.4. The van der Waals surface area contributed by atoms with E-state index in [1.807, 2.05) is 6.26 Å². The van der Waals surface area contributed by atoms with E-state index in [0.29, 0.717) is 5.41 Å². The number of thioether (sulfide) groups is 1. The molecule has 0 aromatic heterocycles. The average molecular weight is 270 g/mol. The minimum atomic E-state index is -0.404. The third-order valence-corrected chi connectivity index (χ3v) is 6.63. The van der Waals surface area contributed by atoms with Gasteiger partial charge in [-0.25, -0.2) is 0 Å². The predicted octanol–water partition coefficient (Wildman–Crippen LogP) is 4.69. The molecule has 2 rings (SSSR count). The molecule has 3 unspecified atom stereocenters. The van der Waals surface area contributed by atoms with E-state index in [0.717, 1.165) is 30.6 Å². The van der Waals surface area contributed by atoms with Crippen molar-refractivity contribution in [2.45, 2.75) is 70.7 Å². The molecule has 2 aliphatic carbocycles.